The minimum Gasteiger partial charge on any atom is -0.693 e. The van der Waals surface area contributed by atoms with E-state index < -0.39 is 15.3 Å². The molecule has 0 unspecified atom stereocenters. The topological polar surface area (TPSA) is 389 Å². The zero-order valence-corrected chi connectivity index (χ0v) is 21.3. The molecule has 12 N–H and O–H groups in total. The summed E-state index contributed by atoms with van der Waals surface area (Å²) >= 11 is 3.22. The van der Waals surface area contributed by atoms with Gasteiger partial charge >= 0.3 is 56.4 Å². The summed E-state index contributed by atoms with van der Waals surface area (Å²) in [5.74, 6) is 0. The van der Waals surface area contributed by atoms with Crippen LogP contribution in [0.25, 0.3) is 36.1 Å². The predicted octanol–water partition coefficient (Wildman–Crippen LogP) is 5.27. The molecule has 200 valence electrons. The monoisotopic (exact) mass is 854 g/mol. The van der Waals surface area contributed by atoms with Gasteiger partial charge in [-0.25, -0.2) is 0 Å². The van der Waals surface area contributed by atoms with Crippen molar-refractivity contribution in [3.8, 4) is 0 Å². The van der Waals surface area contributed by atoms with Crippen molar-refractivity contribution < 1.29 is 58.0 Å². The van der Waals surface area contributed by atoms with E-state index in [9.17, 15) is 0 Å². The minimum absolute atomic E-state index is 0. The summed E-state index contributed by atoms with van der Waals surface area (Å²) in [4.78, 5) is 24.9. The minimum atomic E-state index is -1.75. The van der Waals surface area contributed by atoms with Gasteiger partial charge in [-0.2, -0.15) is 6.54 Å². The average Bonchev–Trinajstić information content (AvgIpc) is 2.53. The summed E-state index contributed by atoms with van der Waals surface area (Å²) in [7, 11) is 9.22. The Kier molecular flexibility index (Phi) is 167. The Labute approximate surface area is 203 Å². The number of rotatable bonds is 7. The number of hydrogen-bond acceptors (Lipinski definition) is 9. The van der Waals surface area contributed by atoms with E-state index in [0.29, 0.717) is 13.1 Å². The normalized spacial score (nSPS) is 6.27. The van der Waals surface area contributed by atoms with E-state index in [0.717, 1.165) is 32.4 Å². The van der Waals surface area contributed by atoms with E-state index >= 15 is 0 Å². The molecule has 0 spiro atoms. The van der Waals surface area contributed by atoms with Crippen molar-refractivity contribution in [3.05, 3.63) is 76.8 Å². The fourth-order valence-corrected chi connectivity index (χ4v) is 0.713. The fourth-order valence-electron chi connectivity index (χ4n) is 0.713. The summed E-state index contributed by atoms with van der Waals surface area (Å²) in [5, 5.41) is 46.4. The molecule has 0 aliphatic rings. The summed E-state index contributed by atoms with van der Waals surface area (Å²) in [6.45, 7) is 3.03. The first kappa shape index (κ1) is 63.0. The third-order valence-electron chi connectivity index (χ3n) is 1.31. The van der Waals surface area contributed by atoms with Crippen LogP contribution >= 0.6 is 18.8 Å². The maximum atomic E-state index is 8.36. The quantitative estimate of drug-likeness (QED) is 0.190. The number of nitrogens with one attached hydrogen (secondary N) is 3. The van der Waals surface area contributed by atoms with Gasteiger partial charge in [0, 0.05) is 0 Å². The van der Waals surface area contributed by atoms with Crippen molar-refractivity contribution in [1.82, 2.24) is 5.32 Å². The molecule has 0 aliphatic carbocycles. The Morgan fingerprint density at radius 3 is 1.10 bits per heavy atom. The first-order valence-electron chi connectivity index (χ1n) is 5.81. The Bertz CT molecular complexity index is 246. The molecule has 0 amide bonds. The molecule has 19 nitrogen and oxygen atoms in total. The van der Waals surface area contributed by atoms with Crippen LogP contribution in [0.2, 0.25) is 0 Å². The summed E-state index contributed by atoms with van der Waals surface area (Å²) in [6.07, 6.45) is 3.04. The van der Waals surface area contributed by atoms with Crippen molar-refractivity contribution in [2.75, 3.05) is 26.2 Å². The average molecular weight is 855 g/mol. The van der Waals surface area contributed by atoms with Crippen molar-refractivity contribution in [3.63, 3.8) is 0 Å². The second-order valence-electron chi connectivity index (χ2n) is 3.00. The number of unbranched alkanes of at least 4 members (excludes halogenated alkanes) is 1. The van der Waals surface area contributed by atoms with Crippen LogP contribution in [0.15, 0.2) is 0 Å². The Morgan fingerprint density at radius 1 is 0.700 bits per heavy atom. The Hall–Kier alpha value is -0.723. The van der Waals surface area contributed by atoms with Gasteiger partial charge in [0.1, 0.15) is 0 Å². The van der Waals surface area contributed by atoms with Crippen LogP contribution in [0.1, 0.15) is 19.3 Å². The number of nitrogens with zero attached hydrogens (tertiary/aromatic N) is 3. The number of nitrogens with two attached hydrogens (primary N) is 4. The number of halogens is 2. The van der Waals surface area contributed by atoms with Gasteiger partial charge in [-0.3, -0.25) is 0 Å². The molecule has 23 heteroatoms. The van der Waals surface area contributed by atoms with Gasteiger partial charge in [0.15, 0.2) is 0 Å². The van der Waals surface area contributed by atoms with Gasteiger partial charge in [-0.1, -0.05) is 12.8 Å². The Balaban J connectivity index is -0.0000000217. The van der Waals surface area contributed by atoms with Crippen LogP contribution in [-0.2, 0) is 37.5 Å². The predicted molar refractivity (Wildman–Crippen MR) is 107 cm³/mol. The molecule has 0 aliphatic heterocycles. The van der Waals surface area contributed by atoms with Crippen molar-refractivity contribution in [2.45, 2.75) is 19.3 Å². The van der Waals surface area contributed by atoms with Gasteiger partial charge < -0.3 is 77.2 Å². The van der Waals surface area contributed by atoms with E-state index in [2.05, 4.69) is 24.2 Å². The molecule has 0 radical (unpaired) electrons. The second-order valence-corrected chi connectivity index (χ2v) is 3.00. The maximum Gasteiger partial charge on any atom is -0.00495 e. The molecule has 0 aromatic carbocycles. The van der Waals surface area contributed by atoms with E-state index in [-0.39, 0.29) is 24.6 Å². The van der Waals surface area contributed by atoms with Crippen LogP contribution in [0.5, 0.6) is 0 Å². The van der Waals surface area contributed by atoms with Crippen LogP contribution in [0.3, 0.4) is 0 Å². The van der Waals surface area contributed by atoms with E-state index in [1.54, 1.807) is 37.5 Å². The van der Waals surface area contributed by atoms with Gasteiger partial charge in [-0.15, -0.1) is 16.7 Å². The fraction of sp³-hybridized carbons (Fsp3) is 1.00. The smallest absolute Gasteiger partial charge is 0.00495 e. The zero-order valence-electron chi connectivity index (χ0n) is 15.2. The molecule has 0 rings (SSSR count). The molecule has 0 saturated carbocycles. The van der Waals surface area contributed by atoms with Crippen molar-refractivity contribution in [1.29, 1.82) is 0 Å². The van der Waals surface area contributed by atoms with Gasteiger partial charge in [0.25, 0.3) is 5.09 Å². The summed E-state index contributed by atoms with van der Waals surface area (Å²) < 4.78 is 0. The molecule has 0 aromatic heterocycles. The zero-order chi connectivity index (χ0) is 22.4. The summed E-state index contributed by atoms with van der Waals surface area (Å²) in [5.41, 5.74) is 13.7. The van der Waals surface area contributed by atoms with Crippen LogP contribution in [0.4, 0.5) is 0 Å². The largest absolute Gasteiger partial charge is 0.693 e. The van der Waals surface area contributed by atoms with E-state index in [1.165, 1.54) is 0 Å². The molecule has 0 saturated heterocycles. The SMILES string of the molecule is O=[N+]([O-])O.O=[N+]([O-])[O-].O=[N+]([O-])[O-].[Cl][Pt].[Cl][Pt].[NH-]CCCCNCCC[NH-].[NH2-].[NH2-].[NH2-].[NH2-]. The van der Waals surface area contributed by atoms with Crippen LogP contribution < -0.4 is 5.32 Å². The Morgan fingerprint density at radius 2 is 0.900 bits per heavy atom. The van der Waals surface area contributed by atoms with E-state index in [1.807, 2.05) is 0 Å². The van der Waals surface area contributed by atoms with Gasteiger partial charge in [0.2, 0.25) is 0 Å². The number of hydrogen-bond donors (Lipinski definition) is 2. The van der Waals surface area contributed by atoms with Gasteiger partial charge in [0.05, 0.1) is 10.2 Å². The molecule has 0 fully saturated rings. The first-order chi connectivity index (χ1) is 12.1. The van der Waals surface area contributed by atoms with Crippen molar-refractivity contribution in [2.24, 2.45) is 0 Å². The standard InChI is InChI=1S/C7H17N3.2ClH.HNO3.2NO3.4H2N.2Pt/c8-4-1-2-6-10-7-3-5-9;;;3*2-1(3)4;;;;;;/h8-10H,1-7H2;2*1H;(H,2,3,4);;;4*1H2;;/q-2;;;;6*-1;2*+1/p-2. The second kappa shape index (κ2) is 79.4. The van der Waals surface area contributed by atoms with Crippen LogP contribution in [-0.4, -0.2) is 46.6 Å². The molecular formula is C7H26Cl2N10O9Pt2-8. The molecule has 0 bridgehead atoms. The molecule has 0 heterocycles. The molecular weight excluding hydrogens is 829 g/mol. The molecule has 0 atom stereocenters. The summed E-state index contributed by atoms with van der Waals surface area (Å²) in [6, 6.07) is 0. The molecule has 0 aromatic rings. The molecule has 30 heavy (non-hydrogen) atoms. The van der Waals surface area contributed by atoms with E-state index in [4.69, 9.17) is 57.4 Å². The third kappa shape index (κ3) is 478. The van der Waals surface area contributed by atoms with Crippen LogP contribution in [0, 0.1) is 40.8 Å². The maximum absolute atomic E-state index is 8.36. The van der Waals surface area contributed by atoms with Gasteiger partial charge in [-0.05, 0) is 19.5 Å². The third-order valence-corrected chi connectivity index (χ3v) is 1.31. The van der Waals surface area contributed by atoms with Crippen molar-refractivity contribution >= 4 is 18.8 Å². The first-order valence-corrected chi connectivity index (χ1v) is 11.4.